The first-order valence-electron chi connectivity index (χ1n) is 5.98. The van der Waals surface area contributed by atoms with E-state index in [-0.39, 0.29) is 11.5 Å². The molecule has 0 amide bonds. The molecule has 2 rings (SSSR count). The van der Waals surface area contributed by atoms with Crippen molar-refractivity contribution in [3.8, 4) is 5.75 Å². The Bertz CT molecular complexity index is 633. The van der Waals surface area contributed by atoms with Gasteiger partial charge in [-0.15, -0.1) is 0 Å². The van der Waals surface area contributed by atoms with Gasteiger partial charge < -0.3 is 4.74 Å². The molecule has 0 heterocycles. The van der Waals surface area contributed by atoms with Crippen LogP contribution in [0, 0.1) is 19.7 Å². The molecule has 0 radical (unpaired) electrons. The molecule has 0 saturated heterocycles. The maximum Gasteiger partial charge on any atom is 0.193 e. The average Bonchev–Trinajstić information content (AvgIpc) is 2.41. The lowest BCUT2D eigenvalue weighted by Gasteiger charge is -2.07. The third kappa shape index (κ3) is 2.65. The number of aryl methyl sites for hydroxylation is 2. The number of carbonyl (C=O) groups excluding carboxylic acids is 1. The number of halogens is 1. The maximum absolute atomic E-state index is 13.3. The molecule has 2 nitrogen and oxygen atoms in total. The molecule has 0 aliphatic carbocycles. The van der Waals surface area contributed by atoms with E-state index < -0.39 is 5.82 Å². The molecule has 0 unspecified atom stereocenters. The highest BCUT2D eigenvalue weighted by Crippen LogP contribution is 2.21. The molecule has 0 atom stereocenters. The van der Waals surface area contributed by atoms with Crippen molar-refractivity contribution in [2.75, 3.05) is 7.11 Å². The zero-order valence-electron chi connectivity index (χ0n) is 11.2. The first-order valence-corrected chi connectivity index (χ1v) is 5.98. The Hall–Kier alpha value is -2.16. The number of benzene rings is 2. The lowest BCUT2D eigenvalue weighted by atomic mass is 9.99. The standard InChI is InChI=1S/C16H15FO2/c1-10-4-5-12(8-11(10)2)16(18)13-6-7-14(17)15(9-13)19-3/h4-9H,1-3H3. The lowest BCUT2D eigenvalue weighted by molar-refractivity contribution is 0.103. The Morgan fingerprint density at radius 2 is 1.63 bits per heavy atom. The van der Waals surface area contributed by atoms with E-state index in [4.69, 9.17) is 4.74 Å². The van der Waals surface area contributed by atoms with Gasteiger partial charge in [0.2, 0.25) is 0 Å². The lowest BCUT2D eigenvalue weighted by Crippen LogP contribution is -2.03. The summed E-state index contributed by atoms with van der Waals surface area (Å²) in [5, 5.41) is 0. The Kier molecular flexibility index (Phi) is 3.65. The summed E-state index contributed by atoms with van der Waals surface area (Å²) in [6, 6.07) is 9.66. The number of rotatable bonds is 3. The molecular weight excluding hydrogens is 243 g/mol. The summed E-state index contributed by atoms with van der Waals surface area (Å²) in [5.74, 6) is -0.532. The highest BCUT2D eigenvalue weighted by molar-refractivity contribution is 6.09. The van der Waals surface area contributed by atoms with E-state index >= 15 is 0 Å². The zero-order valence-corrected chi connectivity index (χ0v) is 11.2. The van der Waals surface area contributed by atoms with Gasteiger partial charge in [-0.1, -0.05) is 12.1 Å². The Morgan fingerprint density at radius 1 is 1.00 bits per heavy atom. The predicted molar refractivity (Wildman–Crippen MR) is 72.3 cm³/mol. The van der Waals surface area contributed by atoms with Gasteiger partial charge in [-0.05, 0) is 49.2 Å². The van der Waals surface area contributed by atoms with Crippen LogP contribution in [-0.2, 0) is 0 Å². The molecule has 2 aromatic rings. The minimum absolute atomic E-state index is 0.0784. The average molecular weight is 258 g/mol. The van der Waals surface area contributed by atoms with Crippen LogP contribution in [0.1, 0.15) is 27.0 Å². The van der Waals surface area contributed by atoms with Gasteiger partial charge in [0.25, 0.3) is 0 Å². The predicted octanol–water partition coefficient (Wildman–Crippen LogP) is 3.68. The van der Waals surface area contributed by atoms with E-state index in [1.54, 1.807) is 6.07 Å². The molecular formula is C16H15FO2. The third-order valence-electron chi connectivity index (χ3n) is 3.18. The molecule has 0 fully saturated rings. The number of methoxy groups -OCH3 is 1. The minimum atomic E-state index is -0.473. The number of hydrogen-bond donors (Lipinski definition) is 0. The second-order valence-corrected chi connectivity index (χ2v) is 4.48. The molecule has 0 N–H and O–H groups in total. The fourth-order valence-corrected chi connectivity index (χ4v) is 1.85. The second kappa shape index (κ2) is 5.22. The molecule has 0 bridgehead atoms. The maximum atomic E-state index is 13.3. The van der Waals surface area contributed by atoms with Crippen molar-refractivity contribution < 1.29 is 13.9 Å². The van der Waals surface area contributed by atoms with Crippen LogP contribution >= 0.6 is 0 Å². The van der Waals surface area contributed by atoms with Crippen LogP contribution in [0.3, 0.4) is 0 Å². The SMILES string of the molecule is COc1cc(C(=O)c2ccc(C)c(C)c2)ccc1F. The van der Waals surface area contributed by atoms with Crippen molar-refractivity contribution in [2.45, 2.75) is 13.8 Å². The summed E-state index contributed by atoms with van der Waals surface area (Å²) in [5.41, 5.74) is 3.20. The van der Waals surface area contributed by atoms with Crippen molar-refractivity contribution in [3.05, 3.63) is 64.5 Å². The van der Waals surface area contributed by atoms with E-state index in [9.17, 15) is 9.18 Å². The molecule has 19 heavy (non-hydrogen) atoms. The largest absolute Gasteiger partial charge is 0.494 e. The van der Waals surface area contributed by atoms with Gasteiger partial charge in [0.15, 0.2) is 17.3 Å². The highest BCUT2D eigenvalue weighted by Gasteiger charge is 2.12. The zero-order chi connectivity index (χ0) is 14.0. The second-order valence-electron chi connectivity index (χ2n) is 4.48. The van der Waals surface area contributed by atoms with Gasteiger partial charge in [-0.3, -0.25) is 4.79 Å². The Labute approximate surface area is 111 Å². The van der Waals surface area contributed by atoms with Gasteiger partial charge in [0.1, 0.15) is 0 Å². The Balaban J connectivity index is 2.41. The van der Waals surface area contributed by atoms with Crippen molar-refractivity contribution >= 4 is 5.78 Å². The molecule has 0 saturated carbocycles. The van der Waals surface area contributed by atoms with Crippen molar-refractivity contribution in [1.82, 2.24) is 0 Å². The molecule has 98 valence electrons. The van der Waals surface area contributed by atoms with Crippen LogP contribution in [0.15, 0.2) is 36.4 Å². The first kappa shape index (κ1) is 13.3. The number of ether oxygens (including phenoxy) is 1. The minimum Gasteiger partial charge on any atom is -0.494 e. The smallest absolute Gasteiger partial charge is 0.193 e. The van der Waals surface area contributed by atoms with Crippen LogP contribution in [-0.4, -0.2) is 12.9 Å². The molecule has 3 heteroatoms. The molecule has 0 spiro atoms. The van der Waals surface area contributed by atoms with Gasteiger partial charge in [0.05, 0.1) is 7.11 Å². The van der Waals surface area contributed by atoms with Crippen LogP contribution < -0.4 is 4.74 Å². The Morgan fingerprint density at radius 3 is 2.26 bits per heavy atom. The summed E-state index contributed by atoms with van der Waals surface area (Å²) in [7, 11) is 1.38. The summed E-state index contributed by atoms with van der Waals surface area (Å²) in [6.45, 7) is 3.95. The number of ketones is 1. The monoisotopic (exact) mass is 258 g/mol. The van der Waals surface area contributed by atoms with Gasteiger partial charge in [-0.2, -0.15) is 0 Å². The summed E-state index contributed by atoms with van der Waals surface area (Å²) in [6.07, 6.45) is 0. The van der Waals surface area contributed by atoms with Crippen LogP contribution in [0.2, 0.25) is 0 Å². The normalized spacial score (nSPS) is 10.3. The van der Waals surface area contributed by atoms with Crippen molar-refractivity contribution in [2.24, 2.45) is 0 Å². The fourth-order valence-electron chi connectivity index (χ4n) is 1.85. The summed E-state index contributed by atoms with van der Waals surface area (Å²) >= 11 is 0. The molecule has 0 aromatic heterocycles. The van der Waals surface area contributed by atoms with Crippen LogP contribution in [0.4, 0.5) is 4.39 Å². The summed E-state index contributed by atoms with van der Waals surface area (Å²) < 4.78 is 18.2. The van der Waals surface area contributed by atoms with Crippen molar-refractivity contribution in [1.29, 1.82) is 0 Å². The quantitative estimate of drug-likeness (QED) is 0.785. The molecule has 0 aliphatic rings. The highest BCUT2D eigenvalue weighted by atomic mass is 19.1. The van der Waals surface area contributed by atoms with Gasteiger partial charge in [0, 0.05) is 11.1 Å². The fraction of sp³-hybridized carbons (Fsp3) is 0.188. The third-order valence-corrected chi connectivity index (χ3v) is 3.18. The van der Waals surface area contributed by atoms with Gasteiger partial charge in [-0.25, -0.2) is 4.39 Å². The van der Waals surface area contributed by atoms with E-state index in [1.165, 1.54) is 25.3 Å². The summed E-state index contributed by atoms with van der Waals surface area (Å²) in [4.78, 5) is 12.3. The van der Waals surface area contributed by atoms with E-state index in [1.807, 2.05) is 26.0 Å². The van der Waals surface area contributed by atoms with Crippen LogP contribution in [0.5, 0.6) is 5.75 Å². The first-order chi connectivity index (χ1) is 9.02. The van der Waals surface area contributed by atoms with E-state index in [0.29, 0.717) is 11.1 Å². The van der Waals surface area contributed by atoms with Crippen molar-refractivity contribution in [3.63, 3.8) is 0 Å². The number of carbonyl (C=O) groups is 1. The van der Waals surface area contributed by atoms with Gasteiger partial charge >= 0.3 is 0 Å². The van der Waals surface area contributed by atoms with E-state index in [0.717, 1.165) is 11.1 Å². The molecule has 2 aromatic carbocycles. The topological polar surface area (TPSA) is 26.3 Å². The van der Waals surface area contributed by atoms with Crippen LogP contribution in [0.25, 0.3) is 0 Å². The van der Waals surface area contributed by atoms with E-state index in [2.05, 4.69) is 0 Å². The number of hydrogen-bond acceptors (Lipinski definition) is 2. The molecule has 0 aliphatic heterocycles.